The van der Waals surface area contributed by atoms with Crippen LogP contribution in [0.1, 0.15) is 42.5 Å². The van der Waals surface area contributed by atoms with Crippen LogP contribution in [0.3, 0.4) is 0 Å². The highest BCUT2D eigenvalue weighted by molar-refractivity contribution is 6.36. The van der Waals surface area contributed by atoms with Gasteiger partial charge in [-0.1, -0.05) is 35.3 Å². The third kappa shape index (κ3) is 11.8. The van der Waals surface area contributed by atoms with Gasteiger partial charge in [0.15, 0.2) is 47.9 Å². The molecular formula is C47H47Cl2F3N12O7. The number of H-pyrrole nitrogens is 2. The number of nitrogens with zero attached hydrogens (tertiary/aromatic N) is 8. The van der Waals surface area contributed by atoms with Crippen molar-refractivity contribution in [1.82, 2.24) is 60.6 Å². The van der Waals surface area contributed by atoms with E-state index in [0.29, 0.717) is 70.3 Å². The van der Waals surface area contributed by atoms with E-state index >= 15 is 0 Å². The zero-order valence-electron chi connectivity index (χ0n) is 38.8. The Labute approximate surface area is 413 Å². The molecule has 1 fully saturated rings. The van der Waals surface area contributed by atoms with Crippen LogP contribution >= 0.6 is 23.2 Å². The number of carbonyl (C=O) groups is 2. The third-order valence-corrected chi connectivity index (χ3v) is 12.4. The summed E-state index contributed by atoms with van der Waals surface area (Å²) in [5, 5.41) is 40.1. The number of hydrogen-bond acceptors (Lipinski definition) is 13. The van der Waals surface area contributed by atoms with Crippen LogP contribution in [0.15, 0.2) is 73.1 Å². The number of aryl methyl sites for hydroxylation is 2. The summed E-state index contributed by atoms with van der Waals surface area (Å²) in [7, 11) is 6.54. The molecule has 2 amide bonds. The smallest absolute Gasteiger partial charge is 0.408 e. The van der Waals surface area contributed by atoms with Gasteiger partial charge in [0.25, 0.3) is 11.8 Å². The number of ether oxygens (including phenoxy) is 4. The molecule has 0 aliphatic heterocycles. The number of methoxy groups -OCH3 is 2. The lowest BCUT2D eigenvalue weighted by Crippen LogP contribution is -2.44. The average molecular weight is 1020 g/mol. The molecule has 8 aromatic rings. The molecule has 0 saturated heterocycles. The first-order valence-corrected chi connectivity index (χ1v) is 22.7. The number of carbonyl (C=O) groups excluding carboxylic acids is 2. The number of aromatic nitrogens is 10. The fraction of sp³-hybridized carbons (Fsp3) is 0.319. The lowest BCUT2D eigenvalue weighted by atomic mass is 10.1. The predicted molar refractivity (Wildman–Crippen MR) is 256 cm³/mol. The molecule has 372 valence electrons. The van der Waals surface area contributed by atoms with Crippen molar-refractivity contribution < 1.29 is 46.8 Å². The van der Waals surface area contributed by atoms with E-state index in [0.717, 1.165) is 51.2 Å². The van der Waals surface area contributed by atoms with Gasteiger partial charge in [-0.25, -0.2) is 9.97 Å². The van der Waals surface area contributed by atoms with E-state index in [4.69, 9.17) is 47.1 Å². The third-order valence-electron chi connectivity index (χ3n) is 11.6. The number of aromatic amines is 2. The van der Waals surface area contributed by atoms with Gasteiger partial charge >= 0.3 is 6.18 Å². The van der Waals surface area contributed by atoms with E-state index in [9.17, 15) is 27.9 Å². The van der Waals surface area contributed by atoms with E-state index in [1.165, 1.54) is 20.3 Å². The molecular weight excluding hydrogens is 972 g/mol. The Morgan fingerprint density at radius 3 is 1.65 bits per heavy atom. The summed E-state index contributed by atoms with van der Waals surface area (Å²) < 4.78 is 63.0. The summed E-state index contributed by atoms with van der Waals surface area (Å²) in [4.78, 5) is 33.2. The van der Waals surface area contributed by atoms with Gasteiger partial charge in [0, 0.05) is 55.4 Å². The van der Waals surface area contributed by atoms with Crippen molar-refractivity contribution >= 4 is 56.8 Å². The molecule has 1 saturated carbocycles. The van der Waals surface area contributed by atoms with Crippen molar-refractivity contribution in [2.75, 3.05) is 34.0 Å². The summed E-state index contributed by atoms with van der Waals surface area (Å²) in [6.07, 6.45) is 1.19. The molecule has 4 aromatic heterocycles. The topological polar surface area (TPSA) is 234 Å². The zero-order chi connectivity index (χ0) is 50.6. The number of aliphatic hydroxyl groups is 1. The van der Waals surface area contributed by atoms with Crippen LogP contribution in [-0.4, -0.2) is 119 Å². The number of halogens is 5. The van der Waals surface area contributed by atoms with Crippen molar-refractivity contribution in [2.45, 2.75) is 50.4 Å². The van der Waals surface area contributed by atoms with Gasteiger partial charge in [-0.3, -0.25) is 29.2 Å². The molecule has 4 heterocycles. The van der Waals surface area contributed by atoms with Crippen molar-refractivity contribution in [3.05, 3.63) is 106 Å². The van der Waals surface area contributed by atoms with E-state index in [1.54, 1.807) is 53.1 Å². The van der Waals surface area contributed by atoms with Crippen LogP contribution in [0.25, 0.3) is 44.6 Å². The van der Waals surface area contributed by atoms with Crippen LogP contribution in [0, 0.1) is 0 Å². The minimum absolute atomic E-state index is 0.181. The minimum atomic E-state index is -4.54. The maximum atomic E-state index is 12.6. The van der Waals surface area contributed by atoms with Gasteiger partial charge in [-0.05, 0) is 79.4 Å². The van der Waals surface area contributed by atoms with Crippen LogP contribution in [0.5, 0.6) is 23.0 Å². The molecule has 4 aromatic carbocycles. The molecule has 24 heteroatoms. The molecule has 0 spiro atoms. The molecule has 1 unspecified atom stereocenters. The molecule has 1 atom stereocenters. The van der Waals surface area contributed by atoms with E-state index in [2.05, 4.69) is 40.9 Å². The number of hydrogen-bond donors (Lipinski definition) is 5. The average Bonchev–Trinajstić information content (AvgIpc) is 3.84. The molecule has 9 rings (SSSR count). The number of nitrogens with one attached hydrogen (secondary N) is 4. The summed E-state index contributed by atoms with van der Waals surface area (Å²) in [6, 6.07) is 15.8. The fourth-order valence-corrected chi connectivity index (χ4v) is 7.76. The summed E-state index contributed by atoms with van der Waals surface area (Å²) in [5.74, 6) is 2.50. The summed E-state index contributed by atoms with van der Waals surface area (Å²) >= 11 is 13.1. The van der Waals surface area contributed by atoms with Gasteiger partial charge in [0.2, 0.25) is 0 Å². The fourth-order valence-electron chi connectivity index (χ4n) is 7.19. The van der Waals surface area contributed by atoms with Crippen molar-refractivity contribution in [1.29, 1.82) is 0 Å². The minimum Gasteiger partial charge on any atom is -0.493 e. The second-order valence-corrected chi connectivity index (χ2v) is 17.4. The quantitative estimate of drug-likeness (QED) is 0.0641. The van der Waals surface area contributed by atoms with Gasteiger partial charge in [0.1, 0.15) is 17.7 Å². The SMILES string of the molecule is COc1cc(-c2nc(Cc3ccc4[nH]ncc4c3Cl)n(C)n2)ccc1OCC(=O)NC(C)C(F)(F)F.COc1cc(-c2nc(Cc3ccc4[nH]ncc4c3Cl)n(C)n2)ccc1OCC(=O)NCC1(O)CC1. The van der Waals surface area contributed by atoms with Crippen molar-refractivity contribution in [2.24, 2.45) is 14.1 Å². The number of amides is 2. The van der Waals surface area contributed by atoms with E-state index in [1.807, 2.05) is 42.7 Å². The van der Waals surface area contributed by atoms with Gasteiger partial charge in [-0.15, -0.1) is 0 Å². The molecule has 0 radical (unpaired) electrons. The van der Waals surface area contributed by atoms with Crippen molar-refractivity contribution in [3.8, 4) is 45.8 Å². The number of benzene rings is 4. The van der Waals surface area contributed by atoms with Crippen molar-refractivity contribution in [3.63, 3.8) is 0 Å². The lowest BCUT2D eigenvalue weighted by molar-refractivity contribution is -0.158. The highest BCUT2D eigenvalue weighted by Crippen LogP contribution is 2.36. The normalized spacial score (nSPS) is 13.3. The Morgan fingerprint density at radius 2 is 1.21 bits per heavy atom. The van der Waals surface area contributed by atoms with Crippen LogP contribution in [-0.2, 0) is 36.5 Å². The Hall–Kier alpha value is -7.43. The maximum absolute atomic E-state index is 12.6. The second kappa shape index (κ2) is 20.9. The second-order valence-electron chi connectivity index (χ2n) is 16.7. The summed E-state index contributed by atoms with van der Waals surface area (Å²) in [5.41, 5.74) is 4.12. The zero-order valence-corrected chi connectivity index (χ0v) is 40.3. The first-order valence-electron chi connectivity index (χ1n) is 21.9. The first kappa shape index (κ1) is 50.0. The molecule has 71 heavy (non-hydrogen) atoms. The summed E-state index contributed by atoms with van der Waals surface area (Å²) in [6.45, 7) is 0.300. The molecule has 1 aliphatic carbocycles. The Morgan fingerprint density at radius 1 is 0.746 bits per heavy atom. The standard InChI is InChI=1S/C24H25ClN6O4.C23H22ClF3N6O3/c1-31-20(10-14-3-5-17-16(22(14)25)11-27-29-17)28-23(30-31)15-4-6-18(19(9-15)34-2)35-12-21(32)26-13-24(33)7-8-24;1-12(23(25,26)27)29-20(34)11-36-17-7-5-14(8-18(17)35-3)22-30-19(33(2)32-22)9-13-4-6-16-15(21(13)24)10-28-31-16/h3-6,9,11,33H,7-8,10,12-13H2,1-2H3,(H,26,32)(H,27,29);4-8,10,12H,9,11H2,1-3H3,(H,28,31)(H,29,34). The highest BCUT2D eigenvalue weighted by Gasteiger charge is 2.40. The Balaban J connectivity index is 0.000000190. The number of rotatable bonds is 17. The van der Waals surface area contributed by atoms with E-state index < -0.39 is 30.3 Å². The first-order chi connectivity index (χ1) is 33.9. The number of alkyl halides is 3. The van der Waals surface area contributed by atoms with Crippen LogP contribution in [0.4, 0.5) is 13.2 Å². The van der Waals surface area contributed by atoms with Gasteiger partial charge in [-0.2, -0.15) is 33.6 Å². The van der Waals surface area contributed by atoms with Gasteiger partial charge < -0.3 is 34.7 Å². The molecule has 5 N–H and O–H groups in total. The monoisotopic (exact) mass is 1020 g/mol. The highest BCUT2D eigenvalue weighted by atomic mass is 35.5. The Bertz CT molecular complexity index is 3220. The van der Waals surface area contributed by atoms with Crippen LogP contribution < -0.4 is 29.6 Å². The predicted octanol–water partition coefficient (Wildman–Crippen LogP) is 6.69. The largest absolute Gasteiger partial charge is 0.493 e. The van der Waals surface area contributed by atoms with Gasteiger partial charge in [0.05, 0.1) is 53.3 Å². The molecule has 1 aliphatic rings. The maximum Gasteiger partial charge on any atom is 0.408 e. The molecule has 0 bridgehead atoms. The number of fused-ring (bicyclic) bond motifs is 2. The lowest BCUT2D eigenvalue weighted by Gasteiger charge is -2.17. The Kier molecular flexibility index (Phi) is 14.7. The van der Waals surface area contributed by atoms with E-state index in [-0.39, 0.29) is 30.6 Å². The molecule has 19 nitrogen and oxygen atoms in total. The van der Waals surface area contributed by atoms with Crippen LogP contribution in [0.2, 0.25) is 10.0 Å².